The van der Waals surface area contributed by atoms with E-state index in [2.05, 4.69) is 10.2 Å². The monoisotopic (exact) mass is 285 g/mol. The minimum Gasteiger partial charge on any atom is -0.481 e. The maximum atomic E-state index is 13.2. The number of hydrogen-bond acceptors (Lipinski definition) is 3. The minimum atomic E-state index is -5.80. The SMILES string of the molecule is O=C(O)C1CCc2nnc(C(F)(F)C(F)(F)F)n2C1. The zero-order chi connectivity index (χ0) is 14.4. The highest BCUT2D eigenvalue weighted by atomic mass is 19.4. The quantitative estimate of drug-likeness (QED) is 0.838. The van der Waals surface area contributed by atoms with Crippen LogP contribution in [0.25, 0.3) is 0 Å². The molecule has 2 rings (SSSR count). The maximum Gasteiger partial charge on any atom is 0.461 e. The smallest absolute Gasteiger partial charge is 0.461 e. The van der Waals surface area contributed by atoms with Gasteiger partial charge in [-0.25, -0.2) is 0 Å². The summed E-state index contributed by atoms with van der Waals surface area (Å²) in [5.74, 6) is -9.04. The third-order valence-electron chi connectivity index (χ3n) is 2.93. The lowest BCUT2D eigenvalue weighted by Gasteiger charge is -2.24. The molecule has 1 aliphatic rings. The number of hydrogen-bond donors (Lipinski definition) is 1. The second kappa shape index (κ2) is 4.14. The standard InChI is InChI=1S/C9H8F5N3O2/c10-8(11,9(12,13)14)7-16-15-5-2-1-4(6(18)19)3-17(5)7/h4H,1-3H2,(H,18,19). The van der Waals surface area contributed by atoms with Gasteiger partial charge >= 0.3 is 18.1 Å². The molecule has 0 saturated carbocycles. The van der Waals surface area contributed by atoms with E-state index >= 15 is 0 Å². The fraction of sp³-hybridized carbons (Fsp3) is 0.667. The first kappa shape index (κ1) is 13.7. The van der Waals surface area contributed by atoms with Gasteiger partial charge in [0.05, 0.1) is 5.92 Å². The first-order valence-electron chi connectivity index (χ1n) is 5.24. The van der Waals surface area contributed by atoms with E-state index in [-0.39, 0.29) is 18.7 Å². The van der Waals surface area contributed by atoms with Gasteiger partial charge in [-0.15, -0.1) is 10.2 Å². The summed E-state index contributed by atoms with van der Waals surface area (Å²) in [6.45, 7) is -0.487. The van der Waals surface area contributed by atoms with Crippen LogP contribution in [0.3, 0.4) is 0 Å². The van der Waals surface area contributed by atoms with E-state index in [1.807, 2.05) is 0 Å². The molecule has 0 aliphatic carbocycles. The van der Waals surface area contributed by atoms with Crippen LogP contribution >= 0.6 is 0 Å². The van der Waals surface area contributed by atoms with Crippen LogP contribution in [0.15, 0.2) is 0 Å². The van der Waals surface area contributed by atoms with Crippen LogP contribution in [0.2, 0.25) is 0 Å². The fourth-order valence-corrected chi connectivity index (χ4v) is 1.89. The summed E-state index contributed by atoms with van der Waals surface area (Å²) in [6, 6.07) is 0. The van der Waals surface area contributed by atoms with Gasteiger partial charge in [-0.05, 0) is 6.42 Å². The number of nitrogens with zero attached hydrogens (tertiary/aromatic N) is 3. The van der Waals surface area contributed by atoms with Gasteiger partial charge in [0, 0.05) is 13.0 Å². The van der Waals surface area contributed by atoms with Crippen LogP contribution in [-0.4, -0.2) is 32.0 Å². The zero-order valence-electron chi connectivity index (χ0n) is 9.29. The van der Waals surface area contributed by atoms with E-state index < -0.39 is 36.4 Å². The van der Waals surface area contributed by atoms with Gasteiger partial charge < -0.3 is 9.67 Å². The van der Waals surface area contributed by atoms with Crippen molar-refractivity contribution in [3.8, 4) is 0 Å². The zero-order valence-corrected chi connectivity index (χ0v) is 9.29. The molecule has 0 saturated heterocycles. The number of aryl methyl sites for hydroxylation is 1. The Balaban J connectivity index is 2.41. The summed E-state index contributed by atoms with van der Waals surface area (Å²) in [6.07, 6.45) is -5.67. The molecule has 0 amide bonds. The number of aliphatic carboxylic acids is 1. The third kappa shape index (κ3) is 2.15. The predicted octanol–water partition coefficient (Wildman–Crippen LogP) is 1.58. The molecule has 2 heterocycles. The summed E-state index contributed by atoms with van der Waals surface area (Å²) in [4.78, 5) is 10.8. The average molecular weight is 285 g/mol. The number of aromatic nitrogens is 3. The van der Waals surface area contributed by atoms with Gasteiger partial charge in [-0.2, -0.15) is 22.0 Å². The second-order valence-corrected chi connectivity index (χ2v) is 4.20. The van der Waals surface area contributed by atoms with Crippen LogP contribution in [0.1, 0.15) is 18.1 Å². The van der Waals surface area contributed by atoms with Gasteiger partial charge in [-0.3, -0.25) is 4.79 Å². The molecule has 0 spiro atoms. The van der Waals surface area contributed by atoms with E-state index in [1.165, 1.54) is 0 Å². The Morgan fingerprint density at radius 2 is 1.89 bits per heavy atom. The number of carboxylic acid groups (broad SMARTS) is 1. The van der Waals surface area contributed by atoms with E-state index in [4.69, 9.17) is 5.11 Å². The molecule has 1 aliphatic heterocycles. The molecule has 1 atom stereocenters. The molecule has 10 heteroatoms. The minimum absolute atomic E-state index is 0.00208. The Labute approximate surface area is 103 Å². The van der Waals surface area contributed by atoms with Gasteiger partial charge in [-0.1, -0.05) is 0 Å². The molecule has 106 valence electrons. The first-order chi connectivity index (χ1) is 8.64. The second-order valence-electron chi connectivity index (χ2n) is 4.20. The Hall–Kier alpha value is -1.74. The lowest BCUT2D eigenvalue weighted by atomic mass is 9.99. The fourth-order valence-electron chi connectivity index (χ4n) is 1.89. The number of rotatable bonds is 2. The molecule has 1 aromatic heterocycles. The lowest BCUT2D eigenvalue weighted by Crippen LogP contribution is -2.38. The highest BCUT2D eigenvalue weighted by Crippen LogP contribution is 2.43. The van der Waals surface area contributed by atoms with Crippen molar-refractivity contribution in [2.45, 2.75) is 31.5 Å². The van der Waals surface area contributed by atoms with Crippen LogP contribution in [-0.2, 0) is 23.7 Å². The van der Waals surface area contributed by atoms with Gasteiger partial charge in [0.2, 0.25) is 5.82 Å². The largest absolute Gasteiger partial charge is 0.481 e. The van der Waals surface area contributed by atoms with Crippen LogP contribution in [0.5, 0.6) is 0 Å². The van der Waals surface area contributed by atoms with Crippen molar-refractivity contribution in [1.82, 2.24) is 14.8 Å². The van der Waals surface area contributed by atoms with Crippen LogP contribution in [0, 0.1) is 5.92 Å². The summed E-state index contributed by atoms with van der Waals surface area (Å²) in [5.41, 5.74) is 0. The van der Waals surface area contributed by atoms with Crippen molar-refractivity contribution in [2.75, 3.05) is 0 Å². The maximum absolute atomic E-state index is 13.2. The topological polar surface area (TPSA) is 68.0 Å². The highest BCUT2D eigenvalue weighted by Gasteiger charge is 2.62. The van der Waals surface area contributed by atoms with E-state index in [0.29, 0.717) is 4.57 Å². The molecule has 0 fully saturated rings. The van der Waals surface area contributed by atoms with Crippen LogP contribution < -0.4 is 0 Å². The Morgan fingerprint density at radius 1 is 1.26 bits per heavy atom. The average Bonchev–Trinajstić information content (AvgIpc) is 2.70. The molecule has 1 N–H and O–H groups in total. The predicted molar refractivity (Wildman–Crippen MR) is 49.4 cm³/mol. The molecular weight excluding hydrogens is 277 g/mol. The number of carbonyl (C=O) groups is 1. The Bertz CT molecular complexity index is 510. The molecule has 19 heavy (non-hydrogen) atoms. The molecule has 0 aromatic carbocycles. The number of fused-ring (bicyclic) bond motifs is 1. The van der Waals surface area contributed by atoms with Crippen molar-refractivity contribution in [1.29, 1.82) is 0 Å². The van der Waals surface area contributed by atoms with Crippen molar-refractivity contribution < 1.29 is 31.9 Å². The molecule has 0 radical (unpaired) electrons. The van der Waals surface area contributed by atoms with E-state index in [0.717, 1.165) is 0 Å². The van der Waals surface area contributed by atoms with Crippen molar-refractivity contribution in [2.24, 2.45) is 5.92 Å². The molecular formula is C9H8F5N3O2. The highest BCUT2D eigenvalue weighted by molar-refractivity contribution is 5.70. The molecule has 1 aromatic rings. The Kier molecular flexibility index (Phi) is 2.98. The number of alkyl halides is 5. The normalized spacial score (nSPS) is 20.2. The first-order valence-corrected chi connectivity index (χ1v) is 5.24. The lowest BCUT2D eigenvalue weighted by molar-refractivity contribution is -0.293. The summed E-state index contributed by atoms with van der Waals surface area (Å²) in [7, 11) is 0. The molecule has 5 nitrogen and oxygen atoms in total. The van der Waals surface area contributed by atoms with Crippen molar-refractivity contribution in [3.63, 3.8) is 0 Å². The van der Waals surface area contributed by atoms with Gasteiger partial charge in [0.1, 0.15) is 5.82 Å². The van der Waals surface area contributed by atoms with Crippen LogP contribution in [0.4, 0.5) is 22.0 Å². The van der Waals surface area contributed by atoms with Gasteiger partial charge in [0.25, 0.3) is 0 Å². The van der Waals surface area contributed by atoms with E-state index in [1.54, 1.807) is 0 Å². The van der Waals surface area contributed by atoms with Crippen molar-refractivity contribution >= 4 is 5.97 Å². The van der Waals surface area contributed by atoms with Gasteiger partial charge in [0.15, 0.2) is 0 Å². The number of halogens is 5. The third-order valence-corrected chi connectivity index (χ3v) is 2.93. The van der Waals surface area contributed by atoms with E-state index in [9.17, 15) is 26.7 Å². The summed E-state index contributed by atoms with van der Waals surface area (Å²) < 4.78 is 63.8. The summed E-state index contributed by atoms with van der Waals surface area (Å²) in [5, 5.41) is 14.9. The molecule has 0 bridgehead atoms. The summed E-state index contributed by atoms with van der Waals surface area (Å²) >= 11 is 0. The molecule has 1 unspecified atom stereocenters. The Morgan fingerprint density at radius 3 is 2.42 bits per heavy atom. The number of carboxylic acids is 1. The van der Waals surface area contributed by atoms with Crippen molar-refractivity contribution in [3.05, 3.63) is 11.6 Å².